The predicted molar refractivity (Wildman–Crippen MR) is 124 cm³/mol. The van der Waals surface area contributed by atoms with E-state index in [9.17, 15) is 9.59 Å². The summed E-state index contributed by atoms with van der Waals surface area (Å²) in [6, 6.07) is 11.7. The van der Waals surface area contributed by atoms with Crippen molar-refractivity contribution in [3.8, 4) is 0 Å². The van der Waals surface area contributed by atoms with Crippen LogP contribution in [0.4, 0.5) is 0 Å². The Morgan fingerprint density at radius 2 is 1.60 bits per heavy atom. The third kappa shape index (κ3) is 7.19. The highest BCUT2D eigenvalue weighted by Crippen LogP contribution is 2.23. The van der Waals surface area contributed by atoms with Crippen LogP contribution in [0.1, 0.15) is 45.2 Å². The standard InChI is InChI=1S/C23H27Cl3N2O2/c1-5-20(22(30)27-23(2,3)4)28(14-15-6-9-17(24)10-7-15)21(29)12-16-8-11-18(25)13-19(16)26/h6-11,13,20H,5,12,14H2,1-4H3,(H,27,30)/t20-/m0/s1. The van der Waals surface area contributed by atoms with E-state index in [1.54, 1.807) is 35.2 Å². The number of nitrogens with zero attached hydrogens (tertiary/aromatic N) is 1. The van der Waals surface area contributed by atoms with Crippen molar-refractivity contribution in [3.63, 3.8) is 0 Å². The van der Waals surface area contributed by atoms with Gasteiger partial charge >= 0.3 is 0 Å². The second-order valence-electron chi connectivity index (χ2n) is 8.22. The Morgan fingerprint density at radius 3 is 2.13 bits per heavy atom. The van der Waals surface area contributed by atoms with E-state index in [0.717, 1.165) is 5.56 Å². The van der Waals surface area contributed by atoms with Gasteiger partial charge in [-0.25, -0.2) is 0 Å². The smallest absolute Gasteiger partial charge is 0.243 e. The summed E-state index contributed by atoms with van der Waals surface area (Å²) >= 11 is 18.2. The highest BCUT2D eigenvalue weighted by atomic mass is 35.5. The summed E-state index contributed by atoms with van der Waals surface area (Å²) < 4.78 is 0. The zero-order valence-corrected chi connectivity index (χ0v) is 19.9. The minimum absolute atomic E-state index is 0.0723. The van der Waals surface area contributed by atoms with Crippen LogP contribution < -0.4 is 5.32 Å². The fourth-order valence-electron chi connectivity index (χ4n) is 3.09. The molecule has 0 heterocycles. The van der Waals surface area contributed by atoms with Gasteiger partial charge in [-0.2, -0.15) is 0 Å². The Kier molecular flexibility index (Phi) is 8.60. The molecule has 0 aromatic heterocycles. The first kappa shape index (κ1) is 24.5. The summed E-state index contributed by atoms with van der Waals surface area (Å²) in [4.78, 5) is 27.9. The number of carbonyl (C=O) groups excluding carboxylic acids is 2. The van der Waals surface area contributed by atoms with Crippen LogP contribution in [-0.2, 0) is 22.6 Å². The molecule has 0 unspecified atom stereocenters. The number of carbonyl (C=O) groups is 2. The van der Waals surface area contributed by atoms with Gasteiger partial charge in [0, 0.05) is 27.2 Å². The lowest BCUT2D eigenvalue weighted by Crippen LogP contribution is -2.53. The third-order valence-electron chi connectivity index (χ3n) is 4.51. The molecule has 0 saturated carbocycles. The Balaban J connectivity index is 2.33. The van der Waals surface area contributed by atoms with Gasteiger partial charge in [-0.3, -0.25) is 9.59 Å². The summed E-state index contributed by atoms with van der Waals surface area (Å²) in [6.45, 7) is 7.92. The van der Waals surface area contributed by atoms with E-state index in [0.29, 0.717) is 27.1 Å². The lowest BCUT2D eigenvalue weighted by atomic mass is 10.0. The lowest BCUT2D eigenvalue weighted by Gasteiger charge is -2.33. The van der Waals surface area contributed by atoms with Crippen molar-refractivity contribution in [2.75, 3.05) is 0 Å². The van der Waals surface area contributed by atoms with E-state index in [1.165, 1.54) is 0 Å². The third-order valence-corrected chi connectivity index (χ3v) is 5.35. The van der Waals surface area contributed by atoms with Crippen LogP contribution in [0.25, 0.3) is 0 Å². The summed E-state index contributed by atoms with van der Waals surface area (Å²) in [5.41, 5.74) is 1.15. The molecule has 0 spiro atoms. The minimum Gasteiger partial charge on any atom is -0.350 e. The van der Waals surface area contributed by atoms with Crippen molar-refractivity contribution in [2.24, 2.45) is 0 Å². The number of amides is 2. The second kappa shape index (κ2) is 10.5. The summed E-state index contributed by atoms with van der Waals surface area (Å²) in [5, 5.41) is 4.53. The first-order chi connectivity index (χ1) is 14.0. The van der Waals surface area contributed by atoms with Crippen molar-refractivity contribution in [1.82, 2.24) is 10.2 Å². The molecule has 4 nitrogen and oxygen atoms in total. The number of rotatable bonds is 7. The highest BCUT2D eigenvalue weighted by Gasteiger charge is 2.30. The van der Waals surface area contributed by atoms with E-state index in [4.69, 9.17) is 34.8 Å². The molecule has 162 valence electrons. The molecule has 1 atom stereocenters. The molecule has 0 bridgehead atoms. The molecular weight excluding hydrogens is 443 g/mol. The van der Waals surface area contributed by atoms with Gasteiger partial charge in [0.25, 0.3) is 0 Å². The van der Waals surface area contributed by atoms with Gasteiger partial charge in [-0.05, 0) is 62.6 Å². The SMILES string of the molecule is CC[C@@H](C(=O)NC(C)(C)C)N(Cc1ccc(Cl)cc1)C(=O)Cc1ccc(Cl)cc1Cl. The quantitative estimate of drug-likeness (QED) is 0.548. The Hall–Kier alpha value is -1.75. The molecule has 2 rings (SSSR count). The lowest BCUT2D eigenvalue weighted by molar-refractivity contribution is -0.141. The fraction of sp³-hybridized carbons (Fsp3) is 0.391. The molecular formula is C23H27Cl3N2O2. The Labute approximate surface area is 193 Å². The van der Waals surface area contributed by atoms with Gasteiger partial charge < -0.3 is 10.2 Å². The van der Waals surface area contributed by atoms with Gasteiger partial charge in [0.2, 0.25) is 11.8 Å². The number of nitrogens with one attached hydrogen (secondary N) is 1. The minimum atomic E-state index is -0.613. The van der Waals surface area contributed by atoms with Gasteiger partial charge in [-0.15, -0.1) is 0 Å². The topological polar surface area (TPSA) is 49.4 Å². The van der Waals surface area contributed by atoms with Crippen molar-refractivity contribution in [1.29, 1.82) is 0 Å². The van der Waals surface area contributed by atoms with E-state index in [2.05, 4.69) is 5.32 Å². The largest absolute Gasteiger partial charge is 0.350 e. The maximum absolute atomic E-state index is 13.3. The predicted octanol–water partition coefficient (Wildman–Crippen LogP) is 5.91. The van der Waals surface area contributed by atoms with Crippen LogP contribution >= 0.6 is 34.8 Å². The molecule has 2 amide bonds. The first-order valence-corrected chi connectivity index (χ1v) is 10.9. The maximum Gasteiger partial charge on any atom is 0.243 e. The van der Waals surface area contributed by atoms with E-state index < -0.39 is 11.6 Å². The maximum atomic E-state index is 13.3. The van der Waals surface area contributed by atoms with Crippen LogP contribution in [-0.4, -0.2) is 28.3 Å². The number of hydrogen-bond donors (Lipinski definition) is 1. The van der Waals surface area contributed by atoms with Crippen LogP contribution in [0.3, 0.4) is 0 Å². The van der Waals surface area contributed by atoms with Crippen molar-refractivity contribution in [2.45, 2.75) is 58.7 Å². The summed E-state index contributed by atoms with van der Waals surface area (Å²) in [7, 11) is 0. The van der Waals surface area contributed by atoms with E-state index in [-0.39, 0.29) is 24.8 Å². The Morgan fingerprint density at radius 1 is 1.00 bits per heavy atom. The van der Waals surface area contributed by atoms with Crippen LogP contribution in [0, 0.1) is 0 Å². The monoisotopic (exact) mass is 468 g/mol. The molecule has 0 aliphatic heterocycles. The summed E-state index contributed by atoms with van der Waals surface area (Å²) in [5.74, 6) is -0.375. The number of halogens is 3. The molecule has 2 aromatic carbocycles. The molecule has 0 radical (unpaired) electrons. The van der Waals surface area contributed by atoms with Crippen LogP contribution in [0.5, 0.6) is 0 Å². The second-order valence-corrected chi connectivity index (χ2v) is 9.50. The molecule has 7 heteroatoms. The Bertz CT molecular complexity index is 892. The zero-order valence-electron chi connectivity index (χ0n) is 17.6. The van der Waals surface area contributed by atoms with Gasteiger partial charge in [0.15, 0.2) is 0 Å². The van der Waals surface area contributed by atoms with Gasteiger partial charge in [0.05, 0.1) is 6.42 Å². The molecule has 0 fully saturated rings. The van der Waals surface area contributed by atoms with Gasteiger partial charge in [-0.1, -0.05) is 59.9 Å². The molecule has 0 saturated heterocycles. The average molecular weight is 470 g/mol. The fourth-order valence-corrected chi connectivity index (χ4v) is 3.69. The molecule has 2 aromatic rings. The van der Waals surface area contributed by atoms with Crippen LogP contribution in [0.15, 0.2) is 42.5 Å². The van der Waals surface area contributed by atoms with E-state index in [1.807, 2.05) is 39.8 Å². The van der Waals surface area contributed by atoms with Crippen molar-refractivity contribution < 1.29 is 9.59 Å². The summed E-state index contributed by atoms with van der Waals surface area (Å²) in [6.07, 6.45) is 0.554. The van der Waals surface area contributed by atoms with Gasteiger partial charge in [0.1, 0.15) is 6.04 Å². The molecule has 0 aliphatic carbocycles. The zero-order chi connectivity index (χ0) is 22.5. The number of hydrogen-bond acceptors (Lipinski definition) is 2. The highest BCUT2D eigenvalue weighted by molar-refractivity contribution is 6.35. The first-order valence-electron chi connectivity index (χ1n) is 9.80. The molecule has 1 N–H and O–H groups in total. The van der Waals surface area contributed by atoms with Crippen molar-refractivity contribution in [3.05, 3.63) is 68.7 Å². The normalized spacial score (nSPS) is 12.4. The molecule has 30 heavy (non-hydrogen) atoms. The van der Waals surface area contributed by atoms with E-state index >= 15 is 0 Å². The average Bonchev–Trinajstić information content (AvgIpc) is 2.64. The van der Waals surface area contributed by atoms with Crippen molar-refractivity contribution >= 4 is 46.6 Å². The molecule has 0 aliphatic rings. The van der Waals surface area contributed by atoms with Crippen LogP contribution in [0.2, 0.25) is 15.1 Å². The number of benzene rings is 2.